The molecular weight excluding hydrogens is 364 g/mol. The number of fused-ring (bicyclic) bond motifs is 1. The first-order chi connectivity index (χ1) is 13.4. The van der Waals surface area contributed by atoms with Gasteiger partial charge >= 0.3 is 6.17 Å². The van der Waals surface area contributed by atoms with Gasteiger partial charge in [-0.15, -0.1) is 0 Å². The van der Waals surface area contributed by atoms with E-state index in [1.807, 2.05) is 0 Å². The molecule has 0 unspecified atom stereocenters. The van der Waals surface area contributed by atoms with Crippen molar-refractivity contribution in [2.45, 2.75) is 13.1 Å². The average Bonchev–Trinajstić information content (AvgIpc) is 2.81. The molecule has 0 amide bonds. The normalized spacial score (nSPS) is 18.0. The Hall–Kier alpha value is -3.72. The number of aliphatic carboxylic acids is 1. The molecular formula is C19H18N4O5. The van der Waals surface area contributed by atoms with Crippen LogP contribution in [0.5, 0.6) is 0 Å². The summed E-state index contributed by atoms with van der Waals surface area (Å²) in [5.41, 5.74) is 1.61. The van der Waals surface area contributed by atoms with Crippen molar-refractivity contribution in [1.82, 2.24) is 4.98 Å². The molecule has 2 heterocycles. The number of pyridine rings is 1. The molecule has 3 rings (SSSR count). The second kappa shape index (κ2) is 7.89. The minimum atomic E-state index is -1.47. The van der Waals surface area contributed by atoms with Crippen LogP contribution in [0.25, 0.3) is 5.57 Å². The molecule has 0 bridgehead atoms. The van der Waals surface area contributed by atoms with Crippen molar-refractivity contribution >= 4 is 17.2 Å². The van der Waals surface area contributed by atoms with Crippen molar-refractivity contribution in [3.05, 3.63) is 87.2 Å². The zero-order chi connectivity index (χ0) is 20.3. The van der Waals surface area contributed by atoms with E-state index >= 15 is 0 Å². The first kappa shape index (κ1) is 19.1. The molecule has 1 aliphatic rings. The number of methoxy groups -OCH3 is 1. The van der Waals surface area contributed by atoms with Gasteiger partial charge in [0.2, 0.25) is 0 Å². The van der Waals surface area contributed by atoms with Gasteiger partial charge in [-0.05, 0) is 18.2 Å². The number of benzene rings is 1. The summed E-state index contributed by atoms with van der Waals surface area (Å²) in [7, 11) is 1.39. The standard InChI is InChI=1S/C19H18N4O5/c1-11-17(28-2)15(16(19(24)25)22-12-7-9-20-10-8-12)13-5-3-4-6-14(13)18(21-11)23(26)27/h3-10,18,21H,1-2H3,(H,20,22)(H,24,25)/b16-15-/t18-/m1/s1. The summed E-state index contributed by atoms with van der Waals surface area (Å²) >= 11 is 0. The number of quaternary nitrogens is 1. The number of hydrogen-bond acceptors (Lipinski definition) is 7. The van der Waals surface area contributed by atoms with Gasteiger partial charge in [0, 0.05) is 30.6 Å². The zero-order valence-corrected chi connectivity index (χ0v) is 15.2. The Kier molecular flexibility index (Phi) is 5.37. The number of nitrogens with zero attached hydrogens (tertiary/aromatic N) is 2. The van der Waals surface area contributed by atoms with E-state index in [0.717, 1.165) is 0 Å². The van der Waals surface area contributed by atoms with Crippen LogP contribution in [0.4, 0.5) is 5.69 Å². The third-order valence-electron chi connectivity index (χ3n) is 4.38. The molecule has 0 fully saturated rings. The Labute approximate surface area is 160 Å². The monoisotopic (exact) mass is 382 g/mol. The summed E-state index contributed by atoms with van der Waals surface area (Å²) in [6.07, 6.45) is 1.88. The first-order valence-electron chi connectivity index (χ1n) is 8.39. The molecule has 0 spiro atoms. The predicted molar refractivity (Wildman–Crippen MR) is 97.6 cm³/mol. The van der Waals surface area contributed by atoms with E-state index in [2.05, 4.69) is 10.3 Å². The number of nitrogens with two attached hydrogens (primary N) is 1. The second-order valence-electron chi connectivity index (χ2n) is 6.10. The lowest BCUT2D eigenvalue weighted by Crippen LogP contribution is -2.84. The smallest absolute Gasteiger partial charge is 0.364 e. The summed E-state index contributed by atoms with van der Waals surface area (Å²) < 4.78 is 5.47. The first-order valence-corrected chi connectivity index (χ1v) is 8.39. The highest BCUT2D eigenvalue weighted by Crippen LogP contribution is 2.35. The third kappa shape index (κ3) is 3.55. The number of anilines is 1. The molecule has 3 N–H and O–H groups in total. The fourth-order valence-corrected chi connectivity index (χ4v) is 3.19. The van der Waals surface area contributed by atoms with E-state index in [1.165, 1.54) is 24.8 Å². The lowest BCUT2D eigenvalue weighted by molar-refractivity contribution is -0.820. The quantitative estimate of drug-likeness (QED) is 0.434. The Balaban J connectivity index is 2.33. The van der Waals surface area contributed by atoms with Gasteiger partial charge in [-0.3, -0.25) is 15.1 Å². The maximum Gasteiger partial charge on any atom is 0.364 e. The maximum atomic E-state index is 12.0. The van der Waals surface area contributed by atoms with Gasteiger partial charge < -0.3 is 20.0 Å². The van der Waals surface area contributed by atoms with Crippen LogP contribution in [0.15, 0.2) is 65.9 Å². The van der Waals surface area contributed by atoms with E-state index in [9.17, 15) is 20.0 Å². The van der Waals surface area contributed by atoms with Crippen LogP contribution < -0.4 is 15.7 Å². The number of allylic oxidation sites excluding steroid dienone is 2. The van der Waals surface area contributed by atoms with E-state index < -0.39 is 17.1 Å². The molecule has 0 radical (unpaired) electrons. The van der Waals surface area contributed by atoms with E-state index in [-0.39, 0.29) is 17.0 Å². The molecule has 0 saturated carbocycles. The van der Waals surface area contributed by atoms with Crippen molar-refractivity contribution in [3.8, 4) is 0 Å². The topological polar surface area (TPSA) is 134 Å². The summed E-state index contributed by atoms with van der Waals surface area (Å²) in [6, 6.07) is 9.78. The van der Waals surface area contributed by atoms with Crippen LogP contribution in [-0.2, 0) is 9.53 Å². The number of carbonyl (C=O) groups is 1. The van der Waals surface area contributed by atoms with Crippen molar-refractivity contribution < 1.29 is 24.9 Å². The van der Waals surface area contributed by atoms with E-state index in [1.54, 1.807) is 43.3 Å². The molecule has 9 nitrogen and oxygen atoms in total. The van der Waals surface area contributed by atoms with Gasteiger partial charge in [0.15, 0.2) is 11.5 Å². The van der Waals surface area contributed by atoms with Crippen LogP contribution >= 0.6 is 0 Å². The molecule has 0 saturated heterocycles. The third-order valence-corrected chi connectivity index (χ3v) is 4.38. The van der Waals surface area contributed by atoms with Gasteiger partial charge in [-0.1, -0.05) is 18.2 Å². The minimum absolute atomic E-state index is 0.188. The average molecular weight is 382 g/mol. The van der Waals surface area contributed by atoms with Crippen LogP contribution in [0.1, 0.15) is 24.2 Å². The summed E-state index contributed by atoms with van der Waals surface area (Å²) in [5, 5.41) is 28.0. The zero-order valence-electron chi connectivity index (χ0n) is 15.2. The molecule has 1 aliphatic heterocycles. The largest absolute Gasteiger partial charge is 0.543 e. The Morgan fingerprint density at radius 1 is 1.25 bits per heavy atom. The lowest BCUT2D eigenvalue weighted by Gasteiger charge is -2.19. The Morgan fingerprint density at radius 3 is 2.54 bits per heavy atom. The fourth-order valence-electron chi connectivity index (χ4n) is 3.19. The van der Waals surface area contributed by atoms with Gasteiger partial charge in [0.25, 0.3) is 0 Å². The van der Waals surface area contributed by atoms with Crippen LogP contribution in [0.2, 0.25) is 0 Å². The Morgan fingerprint density at radius 2 is 1.93 bits per heavy atom. The van der Waals surface area contributed by atoms with Crippen LogP contribution in [0.3, 0.4) is 0 Å². The van der Waals surface area contributed by atoms with E-state index in [0.29, 0.717) is 22.5 Å². The number of rotatable bonds is 5. The number of aromatic nitrogens is 1. The highest BCUT2D eigenvalue weighted by Gasteiger charge is 2.37. The number of nitro groups is 1. The molecule has 9 heteroatoms. The maximum absolute atomic E-state index is 12.0. The molecule has 1 aromatic heterocycles. The molecule has 1 aromatic carbocycles. The number of hydrogen-bond donors (Lipinski definition) is 2. The number of ether oxygens (including phenoxy) is 1. The van der Waals surface area contributed by atoms with Crippen molar-refractivity contribution in [1.29, 1.82) is 0 Å². The van der Waals surface area contributed by atoms with Gasteiger partial charge in [0.05, 0.1) is 34.8 Å². The van der Waals surface area contributed by atoms with Crippen LogP contribution in [-0.4, -0.2) is 23.0 Å². The number of carboxylic acid groups (broad SMARTS) is 1. The van der Waals surface area contributed by atoms with Crippen molar-refractivity contribution in [3.63, 3.8) is 0 Å². The molecule has 28 heavy (non-hydrogen) atoms. The SMILES string of the molecule is COC1=C(C)[NH2+][C@H]([N+](=O)[O-])c2ccccc2/C1=C(/Nc1ccncc1)C(=O)[O-]. The number of carbonyl (C=O) groups excluding carboxylic acids is 1. The summed E-state index contributed by atoms with van der Waals surface area (Å²) in [6.45, 7) is 1.64. The number of carboxylic acids is 1. The molecule has 1 atom stereocenters. The van der Waals surface area contributed by atoms with E-state index in [4.69, 9.17) is 4.74 Å². The van der Waals surface area contributed by atoms with Gasteiger partial charge in [-0.2, -0.15) is 0 Å². The predicted octanol–water partition coefficient (Wildman–Crippen LogP) is 0.385. The molecule has 144 valence electrons. The number of nitrogens with one attached hydrogen (secondary N) is 1. The van der Waals surface area contributed by atoms with Crippen molar-refractivity contribution in [2.24, 2.45) is 0 Å². The second-order valence-corrected chi connectivity index (χ2v) is 6.10. The molecule has 2 aromatic rings. The highest BCUT2D eigenvalue weighted by molar-refractivity contribution is 6.02. The Bertz CT molecular complexity index is 985. The molecule has 0 aliphatic carbocycles. The lowest BCUT2D eigenvalue weighted by atomic mass is 9.95. The van der Waals surface area contributed by atoms with Crippen molar-refractivity contribution in [2.75, 3.05) is 12.4 Å². The summed E-state index contributed by atoms with van der Waals surface area (Å²) in [5.74, 6) is -1.25. The van der Waals surface area contributed by atoms with Gasteiger partial charge in [-0.25, -0.2) is 5.32 Å². The van der Waals surface area contributed by atoms with Gasteiger partial charge in [0.1, 0.15) is 0 Å². The van der Waals surface area contributed by atoms with Crippen LogP contribution in [0, 0.1) is 10.1 Å². The summed E-state index contributed by atoms with van der Waals surface area (Å²) in [4.78, 5) is 27.2. The fraction of sp³-hybridized carbons (Fsp3) is 0.158. The highest BCUT2D eigenvalue weighted by atomic mass is 16.6. The minimum Gasteiger partial charge on any atom is -0.543 e.